The lowest BCUT2D eigenvalue weighted by Gasteiger charge is -2.16. The van der Waals surface area contributed by atoms with Gasteiger partial charge in [0.25, 0.3) is 0 Å². The van der Waals surface area contributed by atoms with Gasteiger partial charge >= 0.3 is 0 Å². The molecule has 0 saturated carbocycles. The highest BCUT2D eigenvalue weighted by Crippen LogP contribution is 2.28. The van der Waals surface area contributed by atoms with Gasteiger partial charge in [0.1, 0.15) is 4.99 Å². The van der Waals surface area contributed by atoms with Gasteiger partial charge in [0.2, 0.25) is 0 Å². The van der Waals surface area contributed by atoms with Crippen LogP contribution in [0.2, 0.25) is 0 Å². The summed E-state index contributed by atoms with van der Waals surface area (Å²) >= 11 is 6.90. The summed E-state index contributed by atoms with van der Waals surface area (Å²) in [5.41, 5.74) is 7.73. The van der Waals surface area contributed by atoms with Crippen molar-refractivity contribution in [1.82, 2.24) is 0 Å². The number of hydrogen-bond acceptors (Lipinski definition) is 4. The van der Waals surface area contributed by atoms with Crippen LogP contribution in [-0.2, 0) is 10.8 Å². The third kappa shape index (κ3) is 5.07. The lowest BCUT2D eigenvalue weighted by Crippen LogP contribution is -2.18. The van der Waals surface area contributed by atoms with Gasteiger partial charge in [-0.05, 0) is 24.3 Å². The summed E-state index contributed by atoms with van der Waals surface area (Å²) < 4.78 is 11.3. The van der Waals surface area contributed by atoms with Crippen molar-refractivity contribution in [3.05, 3.63) is 23.8 Å². The van der Waals surface area contributed by atoms with Gasteiger partial charge in [-0.15, -0.1) is 11.8 Å². The molecule has 0 aliphatic rings. The lowest BCUT2D eigenvalue weighted by atomic mass is 10.1. The predicted octanol–water partition coefficient (Wildman–Crippen LogP) is 3.00. The van der Waals surface area contributed by atoms with Gasteiger partial charge in [0.15, 0.2) is 0 Å². The zero-order chi connectivity index (χ0) is 15.1. The van der Waals surface area contributed by atoms with E-state index in [0.717, 1.165) is 34.9 Å². The maximum absolute atomic E-state index is 11.3. The van der Waals surface area contributed by atoms with Crippen molar-refractivity contribution in [2.45, 2.75) is 30.4 Å². The van der Waals surface area contributed by atoms with E-state index in [-0.39, 0.29) is 5.25 Å². The fraction of sp³-hybridized carbons (Fsp3) is 0.500. The molecule has 0 heterocycles. The van der Waals surface area contributed by atoms with Gasteiger partial charge in [-0.2, -0.15) is 0 Å². The van der Waals surface area contributed by atoms with Crippen LogP contribution in [-0.4, -0.2) is 33.0 Å². The molecule has 0 radical (unpaired) electrons. The summed E-state index contributed by atoms with van der Waals surface area (Å²) in [5.74, 6) is 0.977. The molecule has 0 bridgehead atoms. The Balaban J connectivity index is 2.81. The standard InChI is InChI=1S/C14H22N2OS3/c1-4-19-12-7-5-6-11(13(12)14(15)18)16-9-8-10(2)20(3)17/h5-7,10,16H,4,8-9H2,1-3H3,(H2,15,18). The molecule has 3 N–H and O–H groups in total. The van der Waals surface area contributed by atoms with Gasteiger partial charge < -0.3 is 11.1 Å². The molecule has 0 fully saturated rings. The highest BCUT2D eigenvalue weighted by atomic mass is 32.2. The minimum atomic E-state index is -0.784. The molecule has 1 aromatic carbocycles. The Hall–Kier alpha value is -0.590. The Morgan fingerprint density at radius 2 is 2.25 bits per heavy atom. The number of hydrogen-bond donors (Lipinski definition) is 2. The Morgan fingerprint density at radius 1 is 1.55 bits per heavy atom. The third-order valence-electron chi connectivity index (χ3n) is 3.01. The first-order valence-corrected chi connectivity index (χ1v) is 9.60. The average molecular weight is 331 g/mol. The van der Waals surface area contributed by atoms with Crippen LogP contribution in [0.4, 0.5) is 5.69 Å². The highest BCUT2D eigenvalue weighted by Gasteiger charge is 2.12. The molecule has 1 rings (SSSR count). The van der Waals surface area contributed by atoms with E-state index in [0.29, 0.717) is 4.99 Å². The van der Waals surface area contributed by atoms with Crippen molar-refractivity contribution in [1.29, 1.82) is 0 Å². The fourth-order valence-electron chi connectivity index (χ4n) is 1.78. The molecule has 0 aromatic heterocycles. The monoisotopic (exact) mass is 330 g/mol. The summed E-state index contributed by atoms with van der Waals surface area (Å²) in [5, 5.41) is 3.55. The average Bonchev–Trinajstić information content (AvgIpc) is 2.38. The third-order valence-corrected chi connectivity index (χ3v) is 5.52. The molecule has 2 unspecified atom stereocenters. The van der Waals surface area contributed by atoms with Gasteiger partial charge in [0.05, 0.1) is 0 Å². The number of nitrogens with one attached hydrogen (secondary N) is 1. The molecule has 0 spiro atoms. The summed E-state index contributed by atoms with van der Waals surface area (Å²) in [6, 6.07) is 6.03. The maximum Gasteiger partial charge on any atom is 0.107 e. The van der Waals surface area contributed by atoms with E-state index in [1.54, 1.807) is 18.0 Å². The summed E-state index contributed by atoms with van der Waals surface area (Å²) in [7, 11) is -0.784. The Kier molecular flexibility index (Phi) is 7.55. The van der Waals surface area contributed by atoms with Crippen LogP contribution < -0.4 is 11.1 Å². The number of anilines is 1. The largest absolute Gasteiger partial charge is 0.389 e. The van der Waals surface area contributed by atoms with Gasteiger partial charge in [-0.25, -0.2) is 0 Å². The number of thioether (sulfide) groups is 1. The van der Waals surface area contributed by atoms with Crippen molar-refractivity contribution in [2.75, 3.05) is 23.9 Å². The fourth-order valence-corrected chi connectivity index (χ4v) is 3.37. The zero-order valence-electron chi connectivity index (χ0n) is 12.1. The first-order valence-electron chi connectivity index (χ1n) is 6.59. The molecule has 0 amide bonds. The van der Waals surface area contributed by atoms with Crippen LogP contribution >= 0.6 is 24.0 Å². The molecule has 3 nitrogen and oxygen atoms in total. The number of rotatable bonds is 8. The van der Waals surface area contributed by atoms with E-state index in [1.165, 1.54) is 0 Å². The first-order chi connectivity index (χ1) is 9.47. The second kappa shape index (κ2) is 8.64. The Bertz CT molecular complexity index is 491. The van der Waals surface area contributed by atoms with E-state index in [1.807, 2.05) is 25.1 Å². The molecule has 0 aliphatic carbocycles. The minimum Gasteiger partial charge on any atom is -0.389 e. The second-order valence-electron chi connectivity index (χ2n) is 4.50. The molecular formula is C14H22N2OS3. The van der Waals surface area contributed by atoms with E-state index < -0.39 is 10.8 Å². The molecular weight excluding hydrogens is 308 g/mol. The van der Waals surface area contributed by atoms with Crippen molar-refractivity contribution < 1.29 is 4.21 Å². The van der Waals surface area contributed by atoms with E-state index >= 15 is 0 Å². The topological polar surface area (TPSA) is 55.1 Å². The lowest BCUT2D eigenvalue weighted by molar-refractivity contribution is 0.672. The number of benzene rings is 1. The summed E-state index contributed by atoms with van der Waals surface area (Å²) in [6.07, 6.45) is 2.59. The number of nitrogens with two attached hydrogens (primary N) is 1. The maximum atomic E-state index is 11.3. The highest BCUT2D eigenvalue weighted by molar-refractivity contribution is 7.99. The van der Waals surface area contributed by atoms with Crippen molar-refractivity contribution in [2.24, 2.45) is 5.73 Å². The first kappa shape index (κ1) is 17.5. The Morgan fingerprint density at radius 3 is 2.80 bits per heavy atom. The predicted molar refractivity (Wildman–Crippen MR) is 95.4 cm³/mol. The van der Waals surface area contributed by atoms with Crippen LogP contribution in [0.25, 0.3) is 0 Å². The molecule has 112 valence electrons. The van der Waals surface area contributed by atoms with Crippen LogP contribution in [0.1, 0.15) is 25.8 Å². The normalized spacial score (nSPS) is 13.8. The van der Waals surface area contributed by atoms with E-state index in [4.69, 9.17) is 18.0 Å². The molecule has 0 aliphatic heterocycles. The molecule has 2 atom stereocenters. The zero-order valence-corrected chi connectivity index (χ0v) is 14.6. The van der Waals surface area contributed by atoms with Crippen molar-refractivity contribution in [3.63, 3.8) is 0 Å². The Labute approximate surface area is 133 Å². The van der Waals surface area contributed by atoms with Crippen molar-refractivity contribution >= 4 is 45.5 Å². The van der Waals surface area contributed by atoms with Gasteiger partial charge in [0, 0.05) is 45.0 Å². The summed E-state index contributed by atoms with van der Waals surface area (Å²) in [6.45, 7) is 4.86. The quantitative estimate of drug-likeness (QED) is 0.567. The van der Waals surface area contributed by atoms with Crippen LogP contribution in [0.5, 0.6) is 0 Å². The summed E-state index contributed by atoms with van der Waals surface area (Å²) in [4.78, 5) is 1.52. The van der Waals surface area contributed by atoms with Crippen LogP contribution in [0.3, 0.4) is 0 Å². The molecule has 6 heteroatoms. The van der Waals surface area contributed by atoms with Crippen LogP contribution in [0, 0.1) is 0 Å². The second-order valence-corrected chi connectivity index (χ2v) is 8.05. The van der Waals surface area contributed by atoms with Gasteiger partial charge in [-0.1, -0.05) is 32.1 Å². The minimum absolute atomic E-state index is 0.184. The molecule has 1 aromatic rings. The van der Waals surface area contributed by atoms with Crippen LogP contribution in [0.15, 0.2) is 23.1 Å². The van der Waals surface area contributed by atoms with Gasteiger partial charge in [-0.3, -0.25) is 4.21 Å². The molecule has 0 saturated heterocycles. The van der Waals surface area contributed by atoms with E-state index in [2.05, 4.69) is 12.2 Å². The smallest absolute Gasteiger partial charge is 0.107 e. The SMILES string of the molecule is CCSc1cccc(NCCC(C)S(C)=O)c1C(N)=S. The van der Waals surface area contributed by atoms with Crippen molar-refractivity contribution in [3.8, 4) is 0 Å². The van der Waals surface area contributed by atoms with E-state index in [9.17, 15) is 4.21 Å². The molecule has 20 heavy (non-hydrogen) atoms. The number of thiocarbonyl (C=S) groups is 1.